The van der Waals surface area contributed by atoms with E-state index in [0.717, 1.165) is 5.92 Å². The Morgan fingerprint density at radius 1 is 1.62 bits per heavy atom. The van der Waals surface area contributed by atoms with E-state index in [-0.39, 0.29) is 0 Å². The molecule has 1 aromatic heterocycles. The molecule has 2 heterocycles. The van der Waals surface area contributed by atoms with E-state index in [1.807, 2.05) is 11.3 Å². The average molecular weight is 195 g/mol. The van der Waals surface area contributed by atoms with Crippen molar-refractivity contribution in [3.05, 3.63) is 21.9 Å². The van der Waals surface area contributed by atoms with Crippen LogP contribution in [0.25, 0.3) is 0 Å². The minimum Gasteiger partial charge on any atom is -0.298 e. The summed E-state index contributed by atoms with van der Waals surface area (Å²) in [4.78, 5) is 4.12. The first-order valence-electron chi connectivity index (χ1n) is 5.01. The SMILES string of the molecule is Cc1ccsc1CN1CC[C@H](C)C1. The fourth-order valence-electron chi connectivity index (χ4n) is 1.94. The van der Waals surface area contributed by atoms with E-state index in [0.29, 0.717) is 0 Å². The zero-order valence-corrected chi connectivity index (χ0v) is 9.23. The molecular weight excluding hydrogens is 178 g/mol. The Bertz CT molecular complexity index is 279. The highest BCUT2D eigenvalue weighted by atomic mass is 32.1. The number of nitrogens with zero attached hydrogens (tertiary/aromatic N) is 1. The van der Waals surface area contributed by atoms with Gasteiger partial charge < -0.3 is 0 Å². The Labute approximate surface area is 84.4 Å². The Morgan fingerprint density at radius 2 is 2.46 bits per heavy atom. The van der Waals surface area contributed by atoms with Crippen molar-refractivity contribution in [2.45, 2.75) is 26.8 Å². The first-order valence-corrected chi connectivity index (χ1v) is 5.89. The largest absolute Gasteiger partial charge is 0.298 e. The molecule has 0 bridgehead atoms. The van der Waals surface area contributed by atoms with Crippen LogP contribution in [0.2, 0.25) is 0 Å². The first kappa shape index (κ1) is 9.22. The van der Waals surface area contributed by atoms with Crippen molar-refractivity contribution in [2.75, 3.05) is 13.1 Å². The van der Waals surface area contributed by atoms with Crippen LogP contribution in [-0.4, -0.2) is 18.0 Å². The van der Waals surface area contributed by atoms with Gasteiger partial charge in [0, 0.05) is 18.0 Å². The van der Waals surface area contributed by atoms with Crippen LogP contribution in [0.1, 0.15) is 23.8 Å². The minimum absolute atomic E-state index is 0.903. The number of rotatable bonds is 2. The lowest BCUT2D eigenvalue weighted by molar-refractivity contribution is 0.322. The van der Waals surface area contributed by atoms with Gasteiger partial charge in [-0.2, -0.15) is 0 Å². The summed E-state index contributed by atoms with van der Waals surface area (Å²) in [6, 6.07) is 2.22. The van der Waals surface area contributed by atoms with Crippen molar-refractivity contribution in [1.29, 1.82) is 0 Å². The standard InChI is InChI=1S/C11H17NS/c1-9-3-5-12(7-9)8-11-10(2)4-6-13-11/h4,6,9H,3,5,7-8H2,1-2H3/t9-/m0/s1. The van der Waals surface area contributed by atoms with Crippen molar-refractivity contribution in [1.82, 2.24) is 4.90 Å². The summed E-state index contributed by atoms with van der Waals surface area (Å²) >= 11 is 1.90. The van der Waals surface area contributed by atoms with Crippen LogP contribution in [0.3, 0.4) is 0 Å². The highest BCUT2D eigenvalue weighted by Gasteiger charge is 2.19. The molecule has 2 rings (SSSR count). The summed E-state index contributed by atoms with van der Waals surface area (Å²) < 4.78 is 0. The lowest BCUT2D eigenvalue weighted by Gasteiger charge is -2.14. The van der Waals surface area contributed by atoms with E-state index in [1.165, 1.54) is 31.6 Å². The predicted molar refractivity (Wildman–Crippen MR) is 58.1 cm³/mol. The number of aryl methyl sites for hydroxylation is 1. The van der Waals surface area contributed by atoms with Gasteiger partial charge in [-0.05, 0) is 42.8 Å². The van der Waals surface area contributed by atoms with Gasteiger partial charge in [0.15, 0.2) is 0 Å². The van der Waals surface area contributed by atoms with E-state index in [1.54, 1.807) is 4.88 Å². The molecule has 0 spiro atoms. The second-order valence-electron chi connectivity index (χ2n) is 4.16. The van der Waals surface area contributed by atoms with E-state index in [2.05, 4.69) is 30.2 Å². The lowest BCUT2D eigenvalue weighted by Crippen LogP contribution is -2.19. The van der Waals surface area contributed by atoms with E-state index in [9.17, 15) is 0 Å². The Balaban J connectivity index is 1.95. The second kappa shape index (κ2) is 3.81. The summed E-state index contributed by atoms with van der Waals surface area (Å²) in [5.74, 6) is 0.903. The van der Waals surface area contributed by atoms with Gasteiger partial charge in [-0.15, -0.1) is 11.3 Å². The van der Waals surface area contributed by atoms with Crippen molar-refractivity contribution >= 4 is 11.3 Å². The lowest BCUT2D eigenvalue weighted by atomic mass is 10.2. The molecule has 0 amide bonds. The van der Waals surface area contributed by atoms with Crippen molar-refractivity contribution in [3.8, 4) is 0 Å². The zero-order valence-electron chi connectivity index (χ0n) is 8.42. The Kier molecular flexibility index (Phi) is 2.70. The average Bonchev–Trinajstić information content (AvgIpc) is 2.64. The maximum Gasteiger partial charge on any atom is 0.0330 e. The van der Waals surface area contributed by atoms with Gasteiger partial charge in [-0.25, -0.2) is 0 Å². The fraction of sp³-hybridized carbons (Fsp3) is 0.636. The second-order valence-corrected chi connectivity index (χ2v) is 5.16. The highest BCUT2D eigenvalue weighted by molar-refractivity contribution is 7.10. The molecule has 0 aromatic carbocycles. The molecule has 13 heavy (non-hydrogen) atoms. The highest BCUT2D eigenvalue weighted by Crippen LogP contribution is 2.22. The summed E-state index contributed by atoms with van der Waals surface area (Å²) in [5, 5.41) is 2.20. The Hall–Kier alpha value is -0.340. The van der Waals surface area contributed by atoms with Crippen LogP contribution in [0.5, 0.6) is 0 Å². The number of likely N-dealkylation sites (tertiary alicyclic amines) is 1. The quantitative estimate of drug-likeness (QED) is 0.701. The van der Waals surface area contributed by atoms with E-state index >= 15 is 0 Å². The van der Waals surface area contributed by atoms with Gasteiger partial charge in [0.05, 0.1) is 0 Å². The molecule has 1 nitrogen and oxygen atoms in total. The van der Waals surface area contributed by atoms with Gasteiger partial charge >= 0.3 is 0 Å². The topological polar surface area (TPSA) is 3.24 Å². The molecule has 1 atom stereocenters. The van der Waals surface area contributed by atoms with Gasteiger partial charge in [0.1, 0.15) is 0 Å². The first-order chi connectivity index (χ1) is 6.25. The van der Waals surface area contributed by atoms with Crippen LogP contribution in [0, 0.1) is 12.8 Å². The van der Waals surface area contributed by atoms with Gasteiger partial charge in [-0.1, -0.05) is 6.92 Å². The Morgan fingerprint density at radius 3 is 3.00 bits per heavy atom. The smallest absolute Gasteiger partial charge is 0.0330 e. The molecule has 0 radical (unpaired) electrons. The summed E-state index contributed by atoms with van der Waals surface area (Å²) in [5.41, 5.74) is 1.46. The van der Waals surface area contributed by atoms with Crippen molar-refractivity contribution in [3.63, 3.8) is 0 Å². The minimum atomic E-state index is 0.903. The van der Waals surface area contributed by atoms with E-state index < -0.39 is 0 Å². The predicted octanol–water partition coefficient (Wildman–Crippen LogP) is 2.90. The molecule has 72 valence electrons. The van der Waals surface area contributed by atoms with Crippen molar-refractivity contribution in [2.24, 2.45) is 5.92 Å². The maximum absolute atomic E-state index is 2.57. The summed E-state index contributed by atoms with van der Waals surface area (Å²) in [6.45, 7) is 8.32. The van der Waals surface area contributed by atoms with Gasteiger partial charge in [-0.3, -0.25) is 4.90 Å². The third-order valence-electron chi connectivity index (χ3n) is 2.84. The molecule has 1 aliphatic heterocycles. The molecule has 0 unspecified atom stereocenters. The normalized spacial score (nSPS) is 24.0. The molecule has 0 N–H and O–H groups in total. The van der Waals surface area contributed by atoms with Crippen molar-refractivity contribution < 1.29 is 0 Å². The summed E-state index contributed by atoms with van der Waals surface area (Å²) in [7, 11) is 0. The molecule has 1 aromatic rings. The van der Waals surface area contributed by atoms with Crippen LogP contribution >= 0.6 is 11.3 Å². The third kappa shape index (κ3) is 2.12. The van der Waals surface area contributed by atoms with Gasteiger partial charge in [0.25, 0.3) is 0 Å². The number of thiophene rings is 1. The number of hydrogen-bond donors (Lipinski definition) is 0. The fourth-order valence-corrected chi connectivity index (χ4v) is 2.89. The van der Waals surface area contributed by atoms with Crippen LogP contribution < -0.4 is 0 Å². The molecule has 2 heteroatoms. The molecule has 1 fully saturated rings. The molecular formula is C11H17NS. The maximum atomic E-state index is 2.57. The van der Waals surface area contributed by atoms with Crippen LogP contribution in [0.15, 0.2) is 11.4 Å². The van der Waals surface area contributed by atoms with Gasteiger partial charge in [0.2, 0.25) is 0 Å². The zero-order chi connectivity index (χ0) is 9.26. The van der Waals surface area contributed by atoms with E-state index in [4.69, 9.17) is 0 Å². The summed E-state index contributed by atoms with van der Waals surface area (Å²) in [6.07, 6.45) is 1.38. The van der Waals surface area contributed by atoms with Crippen LogP contribution in [0.4, 0.5) is 0 Å². The monoisotopic (exact) mass is 195 g/mol. The number of hydrogen-bond acceptors (Lipinski definition) is 2. The molecule has 0 saturated carbocycles. The molecule has 0 aliphatic carbocycles. The van der Waals surface area contributed by atoms with Crippen LogP contribution in [-0.2, 0) is 6.54 Å². The third-order valence-corrected chi connectivity index (χ3v) is 3.85. The molecule has 1 saturated heterocycles. The molecule has 1 aliphatic rings.